The number of sulfonamides is 1. The summed E-state index contributed by atoms with van der Waals surface area (Å²) in [6.45, 7) is 3.43. The number of aryl methyl sites for hydroxylation is 2. The Morgan fingerprint density at radius 3 is 2.70 bits per heavy atom. The number of rotatable bonds is 7. The molecule has 0 saturated carbocycles. The van der Waals surface area contributed by atoms with Gasteiger partial charge in [0.2, 0.25) is 15.9 Å². The Kier molecular flexibility index (Phi) is 6.85. The molecule has 3 aromatic rings. The van der Waals surface area contributed by atoms with Crippen molar-refractivity contribution in [2.75, 3.05) is 19.6 Å². The van der Waals surface area contributed by atoms with Crippen LogP contribution in [0.4, 0.5) is 0 Å². The Balaban J connectivity index is 1.32. The van der Waals surface area contributed by atoms with Gasteiger partial charge in [0.15, 0.2) is 0 Å². The minimum atomic E-state index is -3.59. The molecule has 1 aliphatic rings. The van der Waals surface area contributed by atoms with E-state index in [1.807, 2.05) is 6.92 Å². The molecule has 174 valence electrons. The van der Waals surface area contributed by atoms with Crippen molar-refractivity contribution >= 4 is 26.8 Å². The summed E-state index contributed by atoms with van der Waals surface area (Å²) in [5, 5.41) is 8.45. The number of piperidine rings is 1. The Morgan fingerprint density at radius 1 is 1.15 bits per heavy atom. The summed E-state index contributed by atoms with van der Waals surface area (Å²) in [5.74, 6) is -0.0472. The van der Waals surface area contributed by atoms with E-state index in [0.29, 0.717) is 24.0 Å². The van der Waals surface area contributed by atoms with Gasteiger partial charge < -0.3 is 4.90 Å². The summed E-state index contributed by atoms with van der Waals surface area (Å²) in [5.41, 5.74) is 1.25. The first-order chi connectivity index (χ1) is 15.8. The molecule has 4 rings (SSSR count). The van der Waals surface area contributed by atoms with Crippen LogP contribution < -0.4 is 10.3 Å². The molecule has 1 aromatic heterocycles. The van der Waals surface area contributed by atoms with Gasteiger partial charge in [-0.2, -0.15) is 0 Å². The van der Waals surface area contributed by atoms with Crippen LogP contribution in [0.25, 0.3) is 10.9 Å². The standard InChI is InChI=1S/C23H27N5O4S/c1-17-8-10-19(11-9-17)33(31,32)24-15-18-5-4-13-27(16-18)22(29)12-14-28-23(30)20-6-2-3-7-21(20)25-26-28/h2-3,6-11,18,24H,4-5,12-16H2,1H3. The zero-order valence-corrected chi connectivity index (χ0v) is 19.3. The summed E-state index contributed by atoms with van der Waals surface area (Å²) in [6.07, 6.45) is 1.78. The van der Waals surface area contributed by atoms with Crippen LogP contribution in [0, 0.1) is 12.8 Å². The first-order valence-corrected chi connectivity index (χ1v) is 12.5. The van der Waals surface area contributed by atoms with Gasteiger partial charge in [-0.1, -0.05) is 35.0 Å². The highest BCUT2D eigenvalue weighted by molar-refractivity contribution is 7.89. The van der Waals surface area contributed by atoms with E-state index in [1.165, 1.54) is 4.68 Å². The minimum Gasteiger partial charge on any atom is -0.342 e. The topological polar surface area (TPSA) is 114 Å². The quantitative estimate of drug-likeness (QED) is 0.563. The number of likely N-dealkylation sites (tertiary alicyclic amines) is 1. The van der Waals surface area contributed by atoms with E-state index >= 15 is 0 Å². The molecule has 1 atom stereocenters. The maximum absolute atomic E-state index is 12.8. The zero-order valence-electron chi connectivity index (χ0n) is 18.5. The van der Waals surface area contributed by atoms with Gasteiger partial charge in [0.05, 0.1) is 16.8 Å². The van der Waals surface area contributed by atoms with Crippen LogP contribution in [0.3, 0.4) is 0 Å². The molecule has 0 aliphatic carbocycles. The molecule has 2 heterocycles. The van der Waals surface area contributed by atoms with Gasteiger partial charge in [0.25, 0.3) is 5.56 Å². The molecule has 1 N–H and O–H groups in total. The number of nitrogens with one attached hydrogen (secondary N) is 1. The summed E-state index contributed by atoms with van der Waals surface area (Å²) in [7, 11) is -3.59. The minimum absolute atomic E-state index is 0.0334. The highest BCUT2D eigenvalue weighted by Gasteiger charge is 2.25. The van der Waals surface area contributed by atoms with Crippen molar-refractivity contribution in [3.63, 3.8) is 0 Å². The third kappa shape index (κ3) is 5.45. The van der Waals surface area contributed by atoms with Gasteiger partial charge >= 0.3 is 0 Å². The van der Waals surface area contributed by atoms with Crippen molar-refractivity contribution in [3.8, 4) is 0 Å². The van der Waals surface area contributed by atoms with E-state index in [1.54, 1.807) is 53.4 Å². The van der Waals surface area contributed by atoms with Crippen LogP contribution in [0.15, 0.2) is 58.2 Å². The monoisotopic (exact) mass is 469 g/mol. The molecule has 10 heteroatoms. The van der Waals surface area contributed by atoms with Gasteiger partial charge in [0, 0.05) is 26.1 Å². The zero-order chi connectivity index (χ0) is 23.4. The molecule has 1 unspecified atom stereocenters. The van der Waals surface area contributed by atoms with Gasteiger partial charge in [-0.15, -0.1) is 5.10 Å². The van der Waals surface area contributed by atoms with E-state index < -0.39 is 10.0 Å². The average Bonchev–Trinajstić information content (AvgIpc) is 2.83. The summed E-state index contributed by atoms with van der Waals surface area (Å²) >= 11 is 0. The number of aromatic nitrogens is 3. The smallest absolute Gasteiger partial charge is 0.277 e. The maximum Gasteiger partial charge on any atom is 0.277 e. The SMILES string of the molecule is Cc1ccc(S(=O)(=O)NCC2CCCN(C(=O)CCn3nnc4ccccc4c3=O)C2)cc1. The normalized spacial score (nSPS) is 16.8. The molecular formula is C23H27N5O4S. The molecule has 0 radical (unpaired) electrons. The summed E-state index contributed by atoms with van der Waals surface area (Å²) in [6, 6.07) is 13.7. The largest absolute Gasteiger partial charge is 0.342 e. The first-order valence-electron chi connectivity index (χ1n) is 11.0. The highest BCUT2D eigenvalue weighted by Crippen LogP contribution is 2.18. The molecule has 0 spiro atoms. The molecule has 9 nitrogen and oxygen atoms in total. The number of hydrogen-bond donors (Lipinski definition) is 1. The fourth-order valence-electron chi connectivity index (χ4n) is 4.02. The van der Waals surface area contributed by atoms with Crippen LogP contribution >= 0.6 is 0 Å². The predicted molar refractivity (Wildman–Crippen MR) is 124 cm³/mol. The number of nitrogens with zero attached hydrogens (tertiary/aromatic N) is 4. The van der Waals surface area contributed by atoms with Gasteiger partial charge in [-0.25, -0.2) is 17.8 Å². The summed E-state index contributed by atoms with van der Waals surface area (Å²) in [4.78, 5) is 27.3. The van der Waals surface area contributed by atoms with E-state index in [-0.39, 0.29) is 41.8 Å². The molecule has 33 heavy (non-hydrogen) atoms. The lowest BCUT2D eigenvalue weighted by molar-refractivity contribution is -0.133. The number of benzene rings is 2. The maximum atomic E-state index is 12.8. The van der Waals surface area contributed by atoms with Crippen molar-refractivity contribution in [1.82, 2.24) is 24.6 Å². The van der Waals surface area contributed by atoms with Gasteiger partial charge in [-0.05, 0) is 49.9 Å². The molecule has 1 amide bonds. The van der Waals surface area contributed by atoms with E-state index in [2.05, 4.69) is 15.0 Å². The average molecular weight is 470 g/mol. The lowest BCUT2D eigenvalue weighted by Crippen LogP contribution is -2.44. The molecule has 0 bridgehead atoms. The third-order valence-corrected chi connectivity index (χ3v) is 7.37. The van der Waals surface area contributed by atoms with Crippen LogP contribution in [-0.2, 0) is 21.4 Å². The summed E-state index contributed by atoms with van der Waals surface area (Å²) < 4.78 is 29.0. The van der Waals surface area contributed by atoms with Crippen LogP contribution in [0.5, 0.6) is 0 Å². The fraction of sp³-hybridized carbons (Fsp3) is 0.391. The highest BCUT2D eigenvalue weighted by atomic mass is 32.2. The van der Waals surface area contributed by atoms with Gasteiger partial charge in [-0.3, -0.25) is 9.59 Å². The lowest BCUT2D eigenvalue weighted by Gasteiger charge is -2.33. The molecular weight excluding hydrogens is 442 g/mol. The second-order valence-corrected chi connectivity index (χ2v) is 10.2. The fourth-order valence-corrected chi connectivity index (χ4v) is 5.13. The van der Waals surface area contributed by atoms with E-state index in [9.17, 15) is 18.0 Å². The Bertz CT molecular complexity index is 1300. The molecule has 1 fully saturated rings. The first kappa shape index (κ1) is 23.1. The predicted octanol–water partition coefficient (Wildman–Crippen LogP) is 1.71. The molecule has 2 aromatic carbocycles. The number of carbonyl (C=O) groups is 1. The van der Waals surface area contributed by atoms with Crippen LogP contribution in [0.2, 0.25) is 0 Å². The van der Waals surface area contributed by atoms with Crippen molar-refractivity contribution in [2.24, 2.45) is 5.92 Å². The van der Waals surface area contributed by atoms with Crippen LogP contribution in [0.1, 0.15) is 24.8 Å². The molecule has 1 saturated heterocycles. The van der Waals surface area contributed by atoms with E-state index in [0.717, 1.165) is 18.4 Å². The van der Waals surface area contributed by atoms with Crippen molar-refractivity contribution in [1.29, 1.82) is 0 Å². The third-order valence-electron chi connectivity index (χ3n) is 5.93. The Labute approximate surface area is 192 Å². The van der Waals surface area contributed by atoms with E-state index in [4.69, 9.17) is 0 Å². The second-order valence-electron chi connectivity index (χ2n) is 8.40. The van der Waals surface area contributed by atoms with Crippen molar-refractivity contribution < 1.29 is 13.2 Å². The molecule has 1 aliphatic heterocycles. The van der Waals surface area contributed by atoms with Crippen LogP contribution in [-0.4, -0.2) is 53.9 Å². The second kappa shape index (κ2) is 9.80. The van der Waals surface area contributed by atoms with Crippen molar-refractivity contribution in [3.05, 3.63) is 64.4 Å². The van der Waals surface area contributed by atoms with Gasteiger partial charge in [0.1, 0.15) is 5.52 Å². The number of carbonyl (C=O) groups excluding carboxylic acids is 1. The van der Waals surface area contributed by atoms with Crippen molar-refractivity contribution in [2.45, 2.75) is 37.6 Å². The number of amides is 1. The number of fused-ring (bicyclic) bond motifs is 1. The lowest BCUT2D eigenvalue weighted by atomic mass is 9.98. The number of hydrogen-bond acceptors (Lipinski definition) is 6. The Morgan fingerprint density at radius 2 is 1.91 bits per heavy atom. The Hall–Kier alpha value is -3.11.